The molecule has 26 heavy (non-hydrogen) atoms. The molecule has 1 aliphatic rings. The number of aryl methyl sites for hydroxylation is 1. The molecular formula is C21H29N3O2. The number of nitrogens with zero attached hydrogens (tertiary/aromatic N) is 2. The van der Waals surface area contributed by atoms with E-state index in [1.165, 1.54) is 0 Å². The maximum absolute atomic E-state index is 13.4. The average Bonchev–Trinajstić information content (AvgIpc) is 2.95. The molecule has 1 amide bonds. The van der Waals surface area contributed by atoms with E-state index in [-0.39, 0.29) is 11.9 Å². The van der Waals surface area contributed by atoms with Crippen LogP contribution in [0.4, 0.5) is 0 Å². The first-order valence-corrected chi connectivity index (χ1v) is 9.28. The molecule has 3 rings (SSSR count). The molecule has 1 aromatic heterocycles. The second-order valence-electron chi connectivity index (χ2n) is 7.21. The fourth-order valence-corrected chi connectivity index (χ4v) is 4.11. The van der Waals surface area contributed by atoms with Crippen LogP contribution in [0.25, 0.3) is 0 Å². The Morgan fingerprint density at radius 3 is 2.65 bits per heavy atom. The molecule has 1 saturated heterocycles. The van der Waals surface area contributed by atoms with Crippen molar-refractivity contribution >= 4 is 5.91 Å². The molecule has 0 bridgehead atoms. The van der Waals surface area contributed by atoms with Crippen LogP contribution >= 0.6 is 0 Å². The number of hydrogen-bond acceptors (Lipinski definition) is 3. The van der Waals surface area contributed by atoms with Crippen molar-refractivity contribution in [3.05, 3.63) is 52.8 Å². The standard InChI is InChI=1S/C21H29N3O2/c1-14(2)24-15(3)12-18(16(24)4)21(25)23-11-10-22-13-19(23)17-8-6-7-9-20(17)26-5/h6-9,12,14,19,22H,10-11,13H2,1-5H3. The first-order chi connectivity index (χ1) is 12.5. The van der Waals surface area contributed by atoms with Crippen molar-refractivity contribution in [3.8, 4) is 5.75 Å². The highest BCUT2D eigenvalue weighted by atomic mass is 16.5. The number of piperazine rings is 1. The Morgan fingerprint density at radius 1 is 1.27 bits per heavy atom. The third-order valence-electron chi connectivity index (χ3n) is 5.23. The van der Waals surface area contributed by atoms with Crippen LogP contribution in [-0.2, 0) is 0 Å². The van der Waals surface area contributed by atoms with Gasteiger partial charge in [0.25, 0.3) is 5.91 Å². The summed E-state index contributed by atoms with van der Waals surface area (Å²) in [6.07, 6.45) is 0. The van der Waals surface area contributed by atoms with E-state index in [4.69, 9.17) is 4.74 Å². The van der Waals surface area contributed by atoms with E-state index >= 15 is 0 Å². The number of aromatic nitrogens is 1. The highest BCUT2D eigenvalue weighted by Crippen LogP contribution is 2.32. The minimum Gasteiger partial charge on any atom is -0.496 e. The highest BCUT2D eigenvalue weighted by Gasteiger charge is 2.32. The highest BCUT2D eigenvalue weighted by molar-refractivity contribution is 5.96. The molecule has 2 heterocycles. The Balaban J connectivity index is 1.98. The van der Waals surface area contributed by atoms with E-state index in [2.05, 4.69) is 30.7 Å². The molecule has 5 heteroatoms. The zero-order valence-corrected chi connectivity index (χ0v) is 16.4. The van der Waals surface area contributed by atoms with E-state index in [1.54, 1.807) is 7.11 Å². The van der Waals surface area contributed by atoms with Gasteiger partial charge in [-0.05, 0) is 39.8 Å². The van der Waals surface area contributed by atoms with Crippen LogP contribution in [0, 0.1) is 13.8 Å². The van der Waals surface area contributed by atoms with Crippen LogP contribution in [0.3, 0.4) is 0 Å². The molecule has 1 aromatic carbocycles. The minimum atomic E-state index is -0.0329. The van der Waals surface area contributed by atoms with Crippen molar-refractivity contribution in [2.75, 3.05) is 26.7 Å². The molecule has 1 fully saturated rings. The summed E-state index contributed by atoms with van der Waals surface area (Å²) in [7, 11) is 1.68. The lowest BCUT2D eigenvalue weighted by Crippen LogP contribution is -2.48. The van der Waals surface area contributed by atoms with Gasteiger partial charge in [-0.1, -0.05) is 18.2 Å². The van der Waals surface area contributed by atoms with Crippen molar-refractivity contribution in [3.63, 3.8) is 0 Å². The zero-order chi connectivity index (χ0) is 18.8. The molecule has 5 nitrogen and oxygen atoms in total. The molecule has 0 radical (unpaired) electrons. The van der Waals surface area contributed by atoms with E-state index in [0.29, 0.717) is 12.6 Å². The van der Waals surface area contributed by atoms with Gasteiger partial charge in [0.1, 0.15) is 5.75 Å². The maximum atomic E-state index is 13.4. The predicted octanol–water partition coefficient (Wildman–Crippen LogP) is 3.48. The molecule has 140 valence electrons. The van der Waals surface area contributed by atoms with Gasteiger partial charge in [0, 0.05) is 42.6 Å². The molecule has 0 aliphatic carbocycles. The molecule has 2 aromatic rings. The molecular weight excluding hydrogens is 326 g/mol. The van der Waals surface area contributed by atoms with Gasteiger partial charge in [-0.3, -0.25) is 4.79 Å². The van der Waals surface area contributed by atoms with Crippen LogP contribution in [0.15, 0.2) is 30.3 Å². The van der Waals surface area contributed by atoms with Gasteiger partial charge in [0.15, 0.2) is 0 Å². The van der Waals surface area contributed by atoms with Crippen LogP contribution in [-0.4, -0.2) is 42.1 Å². The topological polar surface area (TPSA) is 46.5 Å². The van der Waals surface area contributed by atoms with Crippen LogP contribution in [0.5, 0.6) is 5.75 Å². The first kappa shape index (κ1) is 18.5. The summed E-state index contributed by atoms with van der Waals surface area (Å²) >= 11 is 0. The van der Waals surface area contributed by atoms with Crippen molar-refractivity contribution in [2.45, 2.75) is 39.8 Å². The summed E-state index contributed by atoms with van der Waals surface area (Å²) in [5.74, 6) is 0.925. The number of benzene rings is 1. The first-order valence-electron chi connectivity index (χ1n) is 9.28. The van der Waals surface area contributed by atoms with E-state index < -0.39 is 0 Å². The monoisotopic (exact) mass is 355 g/mol. The predicted molar refractivity (Wildman–Crippen MR) is 104 cm³/mol. The fourth-order valence-electron chi connectivity index (χ4n) is 4.11. The quantitative estimate of drug-likeness (QED) is 0.913. The number of para-hydroxylation sites is 1. The fraction of sp³-hybridized carbons (Fsp3) is 0.476. The second kappa shape index (κ2) is 7.54. The summed E-state index contributed by atoms with van der Waals surface area (Å²) in [4.78, 5) is 15.4. The minimum absolute atomic E-state index is 0.0329. The lowest BCUT2D eigenvalue weighted by atomic mass is 10.0. The van der Waals surface area contributed by atoms with Crippen molar-refractivity contribution in [2.24, 2.45) is 0 Å². The molecule has 0 spiro atoms. The number of carbonyl (C=O) groups is 1. The van der Waals surface area contributed by atoms with Gasteiger partial charge in [-0.25, -0.2) is 0 Å². The molecule has 1 atom stereocenters. The van der Waals surface area contributed by atoms with Crippen LogP contribution < -0.4 is 10.1 Å². The van der Waals surface area contributed by atoms with E-state index in [9.17, 15) is 4.79 Å². The summed E-state index contributed by atoms with van der Waals surface area (Å²) < 4.78 is 7.77. The third kappa shape index (κ3) is 3.23. The summed E-state index contributed by atoms with van der Waals surface area (Å²) in [5.41, 5.74) is 4.02. The Hall–Kier alpha value is -2.27. The third-order valence-corrected chi connectivity index (χ3v) is 5.23. The van der Waals surface area contributed by atoms with Gasteiger partial charge < -0.3 is 19.5 Å². The van der Waals surface area contributed by atoms with Crippen LogP contribution in [0.2, 0.25) is 0 Å². The zero-order valence-electron chi connectivity index (χ0n) is 16.4. The number of rotatable bonds is 4. The SMILES string of the molecule is COc1ccccc1C1CNCCN1C(=O)c1cc(C)n(C(C)C)c1C. The Bertz CT molecular complexity index is 795. The molecule has 1 aliphatic heterocycles. The number of ether oxygens (including phenoxy) is 1. The maximum Gasteiger partial charge on any atom is 0.256 e. The van der Waals surface area contributed by atoms with Gasteiger partial charge in [0.2, 0.25) is 0 Å². The van der Waals surface area contributed by atoms with Gasteiger partial charge in [-0.15, -0.1) is 0 Å². The Labute approximate surface area is 156 Å². The number of carbonyl (C=O) groups excluding carboxylic acids is 1. The summed E-state index contributed by atoms with van der Waals surface area (Å²) in [6.45, 7) is 10.6. The van der Waals surface area contributed by atoms with Gasteiger partial charge in [0.05, 0.1) is 18.7 Å². The molecule has 1 unspecified atom stereocenters. The summed E-state index contributed by atoms with van der Waals surface area (Å²) in [6, 6.07) is 10.3. The lowest BCUT2D eigenvalue weighted by Gasteiger charge is -2.37. The van der Waals surface area contributed by atoms with Crippen molar-refractivity contribution < 1.29 is 9.53 Å². The van der Waals surface area contributed by atoms with Crippen molar-refractivity contribution in [1.82, 2.24) is 14.8 Å². The lowest BCUT2D eigenvalue weighted by molar-refractivity contribution is 0.0630. The number of hydrogen-bond donors (Lipinski definition) is 1. The van der Waals surface area contributed by atoms with Crippen molar-refractivity contribution in [1.29, 1.82) is 0 Å². The Morgan fingerprint density at radius 2 is 2.00 bits per heavy atom. The number of methoxy groups -OCH3 is 1. The van der Waals surface area contributed by atoms with E-state index in [0.717, 1.165) is 41.4 Å². The number of amides is 1. The van der Waals surface area contributed by atoms with Gasteiger partial charge >= 0.3 is 0 Å². The normalized spacial score (nSPS) is 17.6. The number of nitrogens with one attached hydrogen (secondary N) is 1. The van der Waals surface area contributed by atoms with E-state index in [1.807, 2.05) is 42.2 Å². The molecule has 0 saturated carbocycles. The average molecular weight is 355 g/mol. The summed E-state index contributed by atoms with van der Waals surface area (Å²) in [5, 5.41) is 3.42. The molecule has 1 N–H and O–H groups in total. The smallest absolute Gasteiger partial charge is 0.256 e. The van der Waals surface area contributed by atoms with Crippen LogP contribution in [0.1, 0.15) is 53.2 Å². The largest absolute Gasteiger partial charge is 0.496 e. The Kier molecular flexibility index (Phi) is 5.37. The second-order valence-corrected chi connectivity index (χ2v) is 7.21. The van der Waals surface area contributed by atoms with Gasteiger partial charge in [-0.2, -0.15) is 0 Å².